The summed E-state index contributed by atoms with van der Waals surface area (Å²) in [6.45, 7) is 7.24. The van der Waals surface area contributed by atoms with Gasteiger partial charge in [0.1, 0.15) is 4.47 Å². The van der Waals surface area contributed by atoms with E-state index in [9.17, 15) is 9.90 Å². The SMILES string of the molecule is Cn1ncc(NCC2(O)CCC(C(C)(C)C)CC2)c(Br)c1=O. The number of nitrogens with one attached hydrogen (secondary N) is 1. The predicted octanol–water partition coefficient (Wildman–Crippen LogP) is 2.92. The molecule has 2 rings (SSSR count). The lowest BCUT2D eigenvalue weighted by Gasteiger charge is -2.41. The number of anilines is 1. The lowest BCUT2D eigenvalue weighted by molar-refractivity contribution is -0.0143. The topological polar surface area (TPSA) is 67.2 Å². The van der Waals surface area contributed by atoms with E-state index < -0.39 is 5.60 Å². The smallest absolute Gasteiger partial charge is 0.282 e. The Bertz CT molecular complexity index is 584. The first-order valence-electron chi connectivity index (χ1n) is 7.80. The highest BCUT2D eigenvalue weighted by Gasteiger charge is 2.37. The van der Waals surface area contributed by atoms with Crippen molar-refractivity contribution in [2.24, 2.45) is 18.4 Å². The third kappa shape index (κ3) is 3.90. The van der Waals surface area contributed by atoms with E-state index in [0.29, 0.717) is 28.0 Å². The monoisotopic (exact) mass is 371 g/mol. The van der Waals surface area contributed by atoms with Gasteiger partial charge >= 0.3 is 0 Å². The molecule has 22 heavy (non-hydrogen) atoms. The van der Waals surface area contributed by atoms with Crippen LogP contribution >= 0.6 is 15.9 Å². The van der Waals surface area contributed by atoms with Gasteiger partial charge in [0.05, 0.1) is 17.5 Å². The minimum Gasteiger partial charge on any atom is -0.388 e. The molecule has 124 valence electrons. The van der Waals surface area contributed by atoms with Gasteiger partial charge < -0.3 is 10.4 Å². The molecular weight excluding hydrogens is 346 g/mol. The molecule has 1 aliphatic carbocycles. The number of aromatic nitrogens is 2. The van der Waals surface area contributed by atoms with E-state index in [1.54, 1.807) is 13.2 Å². The quantitative estimate of drug-likeness (QED) is 0.856. The molecule has 1 aliphatic rings. The molecule has 0 spiro atoms. The summed E-state index contributed by atoms with van der Waals surface area (Å²) in [6.07, 6.45) is 5.26. The first-order chi connectivity index (χ1) is 10.1. The molecule has 1 fully saturated rings. The molecule has 1 aromatic heterocycles. The highest BCUT2D eigenvalue weighted by Crippen LogP contribution is 2.41. The van der Waals surface area contributed by atoms with Crippen molar-refractivity contribution in [3.05, 3.63) is 21.0 Å². The zero-order chi connectivity index (χ0) is 16.5. The van der Waals surface area contributed by atoms with Crippen LogP contribution in [0.25, 0.3) is 0 Å². The van der Waals surface area contributed by atoms with Crippen molar-refractivity contribution in [3.63, 3.8) is 0 Å². The molecule has 1 heterocycles. The van der Waals surface area contributed by atoms with Gasteiger partial charge in [0.15, 0.2) is 0 Å². The van der Waals surface area contributed by atoms with Crippen LogP contribution in [0, 0.1) is 11.3 Å². The summed E-state index contributed by atoms with van der Waals surface area (Å²) in [4.78, 5) is 11.8. The largest absolute Gasteiger partial charge is 0.388 e. The third-order valence-electron chi connectivity index (χ3n) is 4.83. The molecule has 0 amide bonds. The molecule has 6 heteroatoms. The molecule has 0 bridgehead atoms. The normalized spacial score (nSPS) is 26.0. The van der Waals surface area contributed by atoms with Crippen LogP contribution in [0.1, 0.15) is 46.5 Å². The molecule has 0 unspecified atom stereocenters. The molecule has 1 aromatic rings. The Morgan fingerprint density at radius 3 is 2.59 bits per heavy atom. The zero-order valence-electron chi connectivity index (χ0n) is 13.8. The lowest BCUT2D eigenvalue weighted by Crippen LogP contribution is -2.42. The molecule has 0 aliphatic heterocycles. The van der Waals surface area contributed by atoms with E-state index >= 15 is 0 Å². The van der Waals surface area contributed by atoms with Gasteiger partial charge in [0, 0.05) is 13.6 Å². The fourth-order valence-corrected chi connectivity index (χ4v) is 3.59. The minimum atomic E-state index is -0.706. The average Bonchev–Trinajstić information content (AvgIpc) is 2.43. The number of hydrogen-bond donors (Lipinski definition) is 2. The van der Waals surface area contributed by atoms with E-state index in [0.717, 1.165) is 25.7 Å². The Hall–Kier alpha value is -0.880. The second-order valence-electron chi connectivity index (χ2n) is 7.52. The van der Waals surface area contributed by atoms with Gasteiger partial charge in [-0.05, 0) is 52.9 Å². The van der Waals surface area contributed by atoms with E-state index in [1.807, 2.05) is 0 Å². The summed E-state index contributed by atoms with van der Waals surface area (Å²) in [5.74, 6) is 0.658. The van der Waals surface area contributed by atoms with Gasteiger partial charge in [0.25, 0.3) is 5.56 Å². The van der Waals surface area contributed by atoms with E-state index in [2.05, 4.69) is 47.1 Å². The predicted molar refractivity (Wildman–Crippen MR) is 92.0 cm³/mol. The Morgan fingerprint density at radius 2 is 2.05 bits per heavy atom. The van der Waals surface area contributed by atoms with Gasteiger partial charge in [-0.15, -0.1) is 0 Å². The van der Waals surface area contributed by atoms with Gasteiger partial charge in [-0.1, -0.05) is 20.8 Å². The summed E-state index contributed by atoms with van der Waals surface area (Å²) in [5, 5.41) is 17.9. The van der Waals surface area contributed by atoms with Crippen molar-refractivity contribution in [3.8, 4) is 0 Å². The number of hydrogen-bond acceptors (Lipinski definition) is 4. The van der Waals surface area contributed by atoms with Crippen molar-refractivity contribution >= 4 is 21.6 Å². The third-order valence-corrected chi connectivity index (χ3v) is 5.59. The molecule has 5 nitrogen and oxygen atoms in total. The van der Waals surface area contributed by atoms with Crippen LogP contribution in [0.15, 0.2) is 15.5 Å². The molecule has 0 aromatic carbocycles. The lowest BCUT2D eigenvalue weighted by atomic mass is 9.68. The van der Waals surface area contributed by atoms with Gasteiger partial charge in [-0.3, -0.25) is 4.79 Å². The first-order valence-corrected chi connectivity index (χ1v) is 8.60. The Balaban J connectivity index is 1.98. The highest BCUT2D eigenvalue weighted by atomic mass is 79.9. The summed E-state index contributed by atoms with van der Waals surface area (Å²) in [7, 11) is 1.61. The van der Waals surface area contributed by atoms with E-state index in [4.69, 9.17) is 0 Å². The molecule has 0 radical (unpaired) electrons. The minimum absolute atomic E-state index is 0.187. The van der Waals surface area contributed by atoms with Crippen molar-refractivity contribution in [1.82, 2.24) is 9.78 Å². The Labute approximate surface area is 140 Å². The summed E-state index contributed by atoms with van der Waals surface area (Å²) in [6, 6.07) is 0. The maximum absolute atomic E-state index is 11.8. The highest BCUT2D eigenvalue weighted by molar-refractivity contribution is 9.10. The number of aryl methyl sites for hydroxylation is 1. The molecular formula is C16H26BrN3O2. The first kappa shape index (κ1) is 17.5. The van der Waals surface area contributed by atoms with Crippen molar-refractivity contribution in [2.45, 2.75) is 52.1 Å². The van der Waals surface area contributed by atoms with Crippen LogP contribution < -0.4 is 10.9 Å². The van der Waals surface area contributed by atoms with Crippen molar-refractivity contribution < 1.29 is 5.11 Å². The van der Waals surface area contributed by atoms with Crippen molar-refractivity contribution in [2.75, 3.05) is 11.9 Å². The van der Waals surface area contributed by atoms with Crippen LogP contribution in [0.4, 0.5) is 5.69 Å². The number of halogens is 1. The second-order valence-corrected chi connectivity index (χ2v) is 8.31. The summed E-state index contributed by atoms with van der Waals surface area (Å²) in [5.41, 5.74) is 0.0400. The zero-order valence-corrected chi connectivity index (χ0v) is 15.4. The molecule has 2 N–H and O–H groups in total. The maximum atomic E-state index is 11.8. The number of rotatable bonds is 3. The van der Waals surface area contributed by atoms with Crippen LogP contribution in [0.5, 0.6) is 0 Å². The molecule has 0 atom stereocenters. The fraction of sp³-hybridized carbons (Fsp3) is 0.750. The standard InChI is InChI=1S/C16H26BrN3O2/c1-15(2,3)11-5-7-16(22,8-6-11)10-18-12-9-19-20(4)14(21)13(12)17/h9,11,18,22H,5-8,10H2,1-4H3. The van der Waals surface area contributed by atoms with Crippen LogP contribution in [0.3, 0.4) is 0 Å². The average molecular weight is 372 g/mol. The van der Waals surface area contributed by atoms with Crippen LogP contribution in [-0.4, -0.2) is 27.0 Å². The Kier molecular flexibility index (Phi) is 5.02. The van der Waals surface area contributed by atoms with Crippen LogP contribution in [-0.2, 0) is 7.05 Å². The Morgan fingerprint density at radius 1 is 1.45 bits per heavy atom. The van der Waals surface area contributed by atoms with Gasteiger partial charge in [0.2, 0.25) is 0 Å². The summed E-state index contributed by atoms with van der Waals surface area (Å²) >= 11 is 3.29. The fourth-order valence-electron chi connectivity index (χ4n) is 3.09. The van der Waals surface area contributed by atoms with Gasteiger partial charge in [-0.2, -0.15) is 5.10 Å². The van der Waals surface area contributed by atoms with E-state index in [1.165, 1.54) is 4.68 Å². The molecule has 0 saturated heterocycles. The van der Waals surface area contributed by atoms with Gasteiger partial charge in [-0.25, -0.2) is 4.68 Å². The van der Waals surface area contributed by atoms with E-state index in [-0.39, 0.29) is 5.56 Å². The van der Waals surface area contributed by atoms with Crippen molar-refractivity contribution in [1.29, 1.82) is 0 Å². The number of nitrogens with zero attached hydrogens (tertiary/aromatic N) is 2. The molecule has 1 saturated carbocycles. The second kappa shape index (κ2) is 6.32. The maximum Gasteiger partial charge on any atom is 0.282 e. The van der Waals surface area contributed by atoms with Crippen LogP contribution in [0.2, 0.25) is 0 Å². The number of aliphatic hydroxyl groups is 1. The summed E-state index contributed by atoms with van der Waals surface area (Å²) < 4.78 is 1.73.